The van der Waals surface area contributed by atoms with Gasteiger partial charge < -0.3 is 9.90 Å². The lowest BCUT2D eigenvalue weighted by atomic mass is 9.54. The molecule has 0 spiro atoms. The minimum Gasteiger partial charge on any atom is -0.389 e. The van der Waals surface area contributed by atoms with Crippen LogP contribution in [0.15, 0.2) is 59.1 Å². The van der Waals surface area contributed by atoms with Crippen LogP contribution in [0.4, 0.5) is 0 Å². The van der Waals surface area contributed by atoms with Crippen LogP contribution in [-0.2, 0) is 9.59 Å². The highest BCUT2D eigenvalue weighted by Crippen LogP contribution is 2.53. The average molecular weight is 460 g/mol. The van der Waals surface area contributed by atoms with Gasteiger partial charge in [-0.25, -0.2) is 0 Å². The van der Waals surface area contributed by atoms with E-state index >= 15 is 0 Å². The Labute approximate surface area is 177 Å². The normalized spacial score (nSPS) is 31.8. The zero-order valence-electron chi connectivity index (χ0n) is 16.1. The van der Waals surface area contributed by atoms with Gasteiger partial charge in [-0.1, -0.05) is 58.4 Å². The Morgan fingerprint density at radius 1 is 1.10 bits per heavy atom. The molecule has 0 aliphatic heterocycles. The maximum absolute atomic E-state index is 12.6. The summed E-state index contributed by atoms with van der Waals surface area (Å²) >= 11 is 3.35. The molecular weight excluding hydrogens is 438 g/mol. The van der Waals surface area contributed by atoms with Crippen molar-refractivity contribution in [1.29, 1.82) is 0 Å². The Hall–Kier alpha value is -2.38. The number of hydrogen-bond donors (Lipinski definition) is 1. The topological polar surface area (TPSA) is 97.5 Å². The molecule has 0 heterocycles. The summed E-state index contributed by atoms with van der Waals surface area (Å²) in [5, 5.41) is 23.7. The lowest BCUT2D eigenvalue weighted by molar-refractivity contribution is -0.539. The van der Waals surface area contributed by atoms with Crippen molar-refractivity contribution in [2.45, 2.75) is 37.3 Å². The minimum atomic E-state index is -1.74. The quantitative estimate of drug-likeness (QED) is 0.417. The van der Waals surface area contributed by atoms with Gasteiger partial charge in [0.25, 0.3) is 0 Å². The first kappa shape index (κ1) is 21.3. The molecular formula is C22H22BrNO5. The van der Waals surface area contributed by atoms with Crippen molar-refractivity contribution in [1.82, 2.24) is 0 Å². The summed E-state index contributed by atoms with van der Waals surface area (Å²) in [6.45, 7) is 2.75. The van der Waals surface area contributed by atoms with Crippen LogP contribution in [0.25, 0.3) is 0 Å². The molecule has 1 saturated carbocycles. The number of halogens is 1. The zero-order chi connectivity index (χ0) is 21.3. The predicted octanol–water partition coefficient (Wildman–Crippen LogP) is 3.75. The van der Waals surface area contributed by atoms with E-state index in [-0.39, 0.29) is 5.78 Å². The molecule has 3 rings (SSSR count). The molecule has 152 valence electrons. The Balaban J connectivity index is 2.29. The van der Waals surface area contributed by atoms with Crippen LogP contribution in [0.1, 0.15) is 36.8 Å². The number of rotatable bonds is 5. The molecule has 7 heteroatoms. The molecule has 0 bridgehead atoms. The number of aldehydes is 1. The zero-order valence-corrected chi connectivity index (χ0v) is 17.7. The Morgan fingerprint density at radius 2 is 1.66 bits per heavy atom. The van der Waals surface area contributed by atoms with Crippen LogP contribution in [0.2, 0.25) is 0 Å². The predicted molar refractivity (Wildman–Crippen MR) is 111 cm³/mol. The number of benzene rings is 2. The third-order valence-corrected chi connectivity index (χ3v) is 6.58. The number of hydrogen-bond acceptors (Lipinski definition) is 5. The highest BCUT2D eigenvalue weighted by atomic mass is 79.9. The summed E-state index contributed by atoms with van der Waals surface area (Å²) in [7, 11) is 0. The van der Waals surface area contributed by atoms with Gasteiger partial charge in [-0.2, -0.15) is 0 Å². The smallest absolute Gasteiger partial charge is 0.228 e. The van der Waals surface area contributed by atoms with Crippen LogP contribution >= 0.6 is 15.9 Å². The third-order valence-electron chi connectivity index (χ3n) is 6.05. The Morgan fingerprint density at radius 3 is 2.14 bits per heavy atom. The number of carbonyl (C=O) groups excluding carboxylic acids is 2. The molecule has 1 aliphatic carbocycles. The van der Waals surface area contributed by atoms with Crippen LogP contribution < -0.4 is 0 Å². The molecule has 2 aromatic rings. The lowest BCUT2D eigenvalue weighted by Gasteiger charge is -2.49. The molecule has 1 N–H and O–H groups in total. The largest absolute Gasteiger partial charge is 0.389 e. The lowest BCUT2D eigenvalue weighted by Crippen LogP contribution is -2.61. The van der Waals surface area contributed by atoms with Crippen molar-refractivity contribution in [3.05, 3.63) is 80.3 Å². The molecule has 0 unspecified atom stereocenters. The number of Topliss-reactive ketones (excluding diaryl/α,β-unsaturated/α-hetero) is 1. The molecule has 29 heavy (non-hydrogen) atoms. The van der Waals surface area contributed by atoms with E-state index in [4.69, 9.17) is 0 Å². The molecule has 2 aromatic carbocycles. The van der Waals surface area contributed by atoms with Crippen molar-refractivity contribution in [2.75, 3.05) is 0 Å². The first-order chi connectivity index (χ1) is 13.7. The van der Waals surface area contributed by atoms with E-state index in [2.05, 4.69) is 15.9 Å². The summed E-state index contributed by atoms with van der Waals surface area (Å²) in [5.41, 5.74) is -0.561. The number of nitrogens with zero attached hydrogens (tertiary/aromatic N) is 1. The second-order valence-electron chi connectivity index (χ2n) is 7.77. The van der Waals surface area contributed by atoms with E-state index < -0.39 is 40.2 Å². The van der Waals surface area contributed by atoms with Gasteiger partial charge in [0.05, 0.1) is 29.3 Å². The number of nitro groups is 1. The van der Waals surface area contributed by atoms with E-state index in [1.807, 2.05) is 0 Å². The summed E-state index contributed by atoms with van der Waals surface area (Å²) in [4.78, 5) is 36.6. The SMILES string of the molecule is CC(=O)[C@@H]1[C@@H](c2ccc(Br)cc2)[C@@H]([N+](=O)[O-])[C@@H](c2ccccc2)[C@H](C=O)[C@]1(C)O. The van der Waals surface area contributed by atoms with Crippen molar-refractivity contribution in [3.63, 3.8) is 0 Å². The third kappa shape index (κ3) is 3.76. The molecule has 1 fully saturated rings. The van der Waals surface area contributed by atoms with Gasteiger partial charge in [0.2, 0.25) is 6.04 Å². The van der Waals surface area contributed by atoms with Gasteiger partial charge >= 0.3 is 0 Å². The molecule has 0 aromatic heterocycles. The van der Waals surface area contributed by atoms with Crippen LogP contribution in [-0.4, -0.2) is 33.7 Å². The number of ketones is 1. The second-order valence-corrected chi connectivity index (χ2v) is 8.68. The maximum atomic E-state index is 12.6. The van der Waals surface area contributed by atoms with Gasteiger partial charge in [-0.3, -0.25) is 14.9 Å². The fourth-order valence-electron chi connectivity index (χ4n) is 4.87. The van der Waals surface area contributed by atoms with E-state index in [1.54, 1.807) is 54.6 Å². The number of carbonyl (C=O) groups is 2. The van der Waals surface area contributed by atoms with Crippen LogP contribution in [0.3, 0.4) is 0 Å². The summed E-state index contributed by atoms with van der Waals surface area (Å²) in [5.74, 6) is -4.32. The second kappa shape index (κ2) is 8.16. The van der Waals surface area contributed by atoms with E-state index in [1.165, 1.54) is 13.8 Å². The molecule has 6 atom stereocenters. The Bertz CT molecular complexity index is 913. The maximum Gasteiger partial charge on any atom is 0.228 e. The average Bonchev–Trinajstić information content (AvgIpc) is 2.67. The Kier molecular flexibility index (Phi) is 6.00. The highest BCUT2D eigenvalue weighted by Gasteiger charge is 2.63. The monoisotopic (exact) mass is 459 g/mol. The van der Waals surface area contributed by atoms with Gasteiger partial charge in [0, 0.05) is 9.40 Å². The fraction of sp³-hybridized carbons (Fsp3) is 0.364. The minimum absolute atomic E-state index is 0.381. The molecule has 0 saturated heterocycles. The van der Waals surface area contributed by atoms with E-state index in [0.717, 1.165) is 4.47 Å². The summed E-state index contributed by atoms with van der Waals surface area (Å²) < 4.78 is 0.797. The first-order valence-electron chi connectivity index (χ1n) is 9.32. The standard InChI is InChI=1S/C22H22BrNO5/c1-13(26)20-19(15-8-10-16(23)11-9-15)21(24(28)29)18(14-6-4-3-5-7-14)17(12-25)22(20,2)27/h3-12,17-21,27H,1-2H3/t17-,18-,19+,20+,21-,22-/m0/s1. The summed E-state index contributed by atoms with van der Waals surface area (Å²) in [6.07, 6.45) is 0.557. The van der Waals surface area contributed by atoms with Crippen molar-refractivity contribution in [3.8, 4) is 0 Å². The van der Waals surface area contributed by atoms with Gasteiger partial charge in [0.1, 0.15) is 12.1 Å². The molecule has 6 nitrogen and oxygen atoms in total. The van der Waals surface area contributed by atoms with Gasteiger partial charge in [-0.05, 0) is 37.1 Å². The van der Waals surface area contributed by atoms with Gasteiger partial charge in [-0.15, -0.1) is 0 Å². The number of aliphatic hydroxyl groups is 1. The van der Waals surface area contributed by atoms with Crippen molar-refractivity contribution < 1.29 is 19.6 Å². The van der Waals surface area contributed by atoms with Gasteiger partial charge in [0.15, 0.2) is 0 Å². The molecule has 0 amide bonds. The molecule has 1 aliphatic rings. The van der Waals surface area contributed by atoms with Crippen molar-refractivity contribution >= 4 is 28.0 Å². The summed E-state index contributed by atoms with van der Waals surface area (Å²) in [6, 6.07) is 14.4. The fourth-order valence-corrected chi connectivity index (χ4v) is 5.14. The highest BCUT2D eigenvalue weighted by molar-refractivity contribution is 9.10. The van der Waals surface area contributed by atoms with Crippen molar-refractivity contribution in [2.24, 2.45) is 11.8 Å². The van der Waals surface area contributed by atoms with E-state index in [9.17, 15) is 24.8 Å². The van der Waals surface area contributed by atoms with E-state index in [0.29, 0.717) is 17.4 Å². The first-order valence-corrected chi connectivity index (χ1v) is 10.1. The molecule has 0 radical (unpaired) electrons. The van der Waals surface area contributed by atoms with Crippen LogP contribution in [0, 0.1) is 22.0 Å². The van der Waals surface area contributed by atoms with Crippen LogP contribution in [0.5, 0.6) is 0 Å².